The van der Waals surface area contributed by atoms with Gasteiger partial charge in [-0.1, -0.05) is 30.3 Å². The molecule has 1 atom stereocenters. The Kier molecular flexibility index (Phi) is 4.79. The summed E-state index contributed by atoms with van der Waals surface area (Å²) in [4.78, 5) is 23.5. The minimum Gasteiger partial charge on any atom is -0.355 e. The quantitative estimate of drug-likeness (QED) is 0.839. The summed E-state index contributed by atoms with van der Waals surface area (Å²) in [6.45, 7) is 1.43. The van der Waals surface area contributed by atoms with Crippen molar-refractivity contribution in [3.05, 3.63) is 54.0 Å². The van der Waals surface area contributed by atoms with E-state index < -0.39 is 0 Å². The Balaban J connectivity index is 1.41. The number of hydrazone groups is 1. The zero-order valence-corrected chi connectivity index (χ0v) is 14.9. The molecule has 1 amide bonds. The summed E-state index contributed by atoms with van der Waals surface area (Å²) >= 11 is 0. The predicted octanol–water partition coefficient (Wildman–Crippen LogP) is 2.52. The molecule has 4 rings (SSSR count). The molecule has 7 nitrogen and oxygen atoms in total. The van der Waals surface area contributed by atoms with Crippen LogP contribution < -0.4 is 4.90 Å². The molecule has 0 bridgehead atoms. The van der Waals surface area contributed by atoms with Crippen LogP contribution in [0.15, 0.2) is 47.8 Å². The van der Waals surface area contributed by atoms with Crippen LogP contribution in [0, 0.1) is 17.2 Å². The van der Waals surface area contributed by atoms with E-state index >= 15 is 0 Å². The Morgan fingerprint density at radius 3 is 2.67 bits per heavy atom. The van der Waals surface area contributed by atoms with Gasteiger partial charge in [0.05, 0.1) is 18.4 Å². The van der Waals surface area contributed by atoms with Crippen LogP contribution in [0.3, 0.4) is 0 Å². The molecule has 27 heavy (non-hydrogen) atoms. The van der Waals surface area contributed by atoms with Gasteiger partial charge in [0.25, 0.3) is 0 Å². The first-order chi connectivity index (χ1) is 13.3. The van der Waals surface area contributed by atoms with Gasteiger partial charge in [0, 0.05) is 31.6 Å². The number of hydrogen-bond acceptors (Lipinski definition) is 6. The lowest BCUT2D eigenvalue weighted by molar-refractivity contribution is -0.138. The van der Waals surface area contributed by atoms with E-state index in [2.05, 4.69) is 20.0 Å². The van der Waals surface area contributed by atoms with Crippen molar-refractivity contribution >= 4 is 17.9 Å². The number of benzene rings is 1. The Labute approximate surface area is 158 Å². The van der Waals surface area contributed by atoms with Crippen molar-refractivity contribution in [3.8, 4) is 6.07 Å². The fourth-order valence-corrected chi connectivity index (χ4v) is 3.68. The molecular weight excluding hydrogens is 340 g/mol. The van der Waals surface area contributed by atoms with Gasteiger partial charge >= 0.3 is 0 Å². The van der Waals surface area contributed by atoms with Crippen molar-refractivity contribution in [1.82, 2.24) is 15.0 Å². The van der Waals surface area contributed by atoms with Crippen LogP contribution in [-0.4, -0.2) is 40.2 Å². The summed E-state index contributed by atoms with van der Waals surface area (Å²) in [6.07, 6.45) is 7.18. The fourth-order valence-electron chi connectivity index (χ4n) is 3.68. The third kappa shape index (κ3) is 3.51. The maximum absolute atomic E-state index is 13.1. The molecule has 1 unspecified atom stereocenters. The average molecular weight is 360 g/mol. The number of rotatable bonds is 3. The van der Waals surface area contributed by atoms with Crippen molar-refractivity contribution < 1.29 is 4.79 Å². The van der Waals surface area contributed by atoms with E-state index in [-0.39, 0.29) is 17.9 Å². The second kappa shape index (κ2) is 7.54. The summed E-state index contributed by atoms with van der Waals surface area (Å²) in [7, 11) is 0. The van der Waals surface area contributed by atoms with Crippen molar-refractivity contribution in [2.24, 2.45) is 11.0 Å². The monoisotopic (exact) mass is 360 g/mol. The van der Waals surface area contributed by atoms with E-state index in [0.717, 1.165) is 24.8 Å². The van der Waals surface area contributed by atoms with Crippen molar-refractivity contribution in [3.63, 3.8) is 0 Å². The van der Waals surface area contributed by atoms with E-state index in [4.69, 9.17) is 5.26 Å². The molecule has 2 aliphatic heterocycles. The lowest BCUT2D eigenvalue weighted by Crippen LogP contribution is -2.41. The third-order valence-electron chi connectivity index (χ3n) is 5.14. The first-order valence-electron chi connectivity index (χ1n) is 9.14. The molecule has 7 heteroatoms. The molecule has 2 aromatic rings. The largest absolute Gasteiger partial charge is 0.355 e. The maximum atomic E-state index is 13.1. The highest BCUT2D eigenvalue weighted by molar-refractivity contribution is 5.82. The first-order valence-corrected chi connectivity index (χ1v) is 9.14. The SMILES string of the molecule is N#Cc1cncc(N2CCC(C(=O)N3N=CCC3c3ccccc3)CC2)n1. The zero-order valence-electron chi connectivity index (χ0n) is 14.9. The van der Waals surface area contributed by atoms with Gasteiger partial charge in [0.2, 0.25) is 5.91 Å². The topological polar surface area (TPSA) is 85.5 Å². The number of nitrogens with zero attached hydrogens (tertiary/aromatic N) is 6. The lowest BCUT2D eigenvalue weighted by Gasteiger charge is -2.34. The van der Waals surface area contributed by atoms with Crippen LogP contribution in [0.2, 0.25) is 0 Å². The van der Waals surface area contributed by atoms with Crippen molar-refractivity contribution in [1.29, 1.82) is 5.26 Å². The van der Waals surface area contributed by atoms with Gasteiger partial charge in [0.1, 0.15) is 11.9 Å². The highest BCUT2D eigenvalue weighted by Gasteiger charge is 2.34. The number of nitriles is 1. The second-order valence-electron chi connectivity index (χ2n) is 6.78. The standard InChI is InChI=1S/C20H20N6O/c21-12-17-13-22-14-19(24-17)25-10-7-16(8-11-25)20(27)26-18(6-9-23-26)15-4-2-1-3-5-15/h1-5,9,13-14,16,18H,6-8,10-11H2. The van der Waals surface area contributed by atoms with E-state index in [0.29, 0.717) is 24.6 Å². The van der Waals surface area contributed by atoms with Gasteiger partial charge in [0.15, 0.2) is 5.69 Å². The number of anilines is 1. The molecule has 3 heterocycles. The third-order valence-corrected chi connectivity index (χ3v) is 5.14. The van der Waals surface area contributed by atoms with Crippen LogP contribution in [0.25, 0.3) is 0 Å². The van der Waals surface area contributed by atoms with Crippen LogP contribution >= 0.6 is 0 Å². The molecule has 2 aliphatic rings. The van der Waals surface area contributed by atoms with Crippen molar-refractivity contribution in [2.45, 2.75) is 25.3 Å². The molecular formula is C20H20N6O. The normalized spacial score (nSPS) is 19.9. The van der Waals surface area contributed by atoms with Gasteiger partial charge in [-0.25, -0.2) is 9.99 Å². The van der Waals surface area contributed by atoms with E-state index in [1.165, 1.54) is 6.20 Å². The summed E-state index contributed by atoms with van der Waals surface area (Å²) < 4.78 is 0. The Hall–Kier alpha value is -3.27. The summed E-state index contributed by atoms with van der Waals surface area (Å²) in [5.74, 6) is 0.741. The van der Waals surface area contributed by atoms with Crippen LogP contribution in [-0.2, 0) is 4.79 Å². The summed E-state index contributed by atoms with van der Waals surface area (Å²) in [6, 6.07) is 12.1. The Morgan fingerprint density at radius 1 is 1.15 bits per heavy atom. The van der Waals surface area contributed by atoms with Crippen molar-refractivity contribution in [2.75, 3.05) is 18.0 Å². The molecule has 0 saturated carbocycles. The van der Waals surface area contributed by atoms with Crippen LogP contribution in [0.4, 0.5) is 5.82 Å². The number of hydrogen-bond donors (Lipinski definition) is 0. The molecule has 1 aromatic carbocycles. The number of aromatic nitrogens is 2. The number of carbonyl (C=O) groups excluding carboxylic acids is 1. The van der Waals surface area contributed by atoms with Gasteiger partial charge < -0.3 is 4.90 Å². The van der Waals surface area contributed by atoms with Gasteiger partial charge in [-0.2, -0.15) is 10.4 Å². The molecule has 0 N–H and O–H groups in total. The van der Waals surface area contributed by atoms with E-state index in [1.807, 2.05) is 42.6 Å². The zero-order chi connectivity index (χ0) is 18.6. The number of amides is 1. The van der Waals surface area contributed by atoms with Gasteiger partial charge in [-0.05, 0) is 18.4 Å². The maximum Gasteiger partial charge on any atom is 0.246 e. The second-order valence-corrected chi connectivity index (χ2v) is 6.78. The number of carbonyl (C=O) groups is 1. The molecule has 0 spiro atoms. The van der Waals surface area contributed by atoms with E-state index in [9.17, 15) is 4.79 Å². The minimum absolute atomic E-state index is 0.00472. The molecule has 0 radical (unpaired) electrons. The molecule has 1 saturated heterocycles. The smallest absolute Gasteiger partial charge is 0.246 e. The molecule has 0 aliphatic carbocycles. The Bertz CT molecular complexity index is 883. The highest BCUT2D eigenvalue weighted by atomic mass is 16.2. The fraction of sp³-hybridized carbons (Fsp3) is 0.350. The first kappa shape index (κ1) is 17.2. The lowest BCUT2D eigenvalue weighted by atomic mass is 9.94. The van der Waals surface area contributed by atoms with Crippen LogP contribution in [0.5, 0.6) is 0 Å². The molecule has 1 fully saturated rings. The highest BCUT2D eigenvalue weighted by Crippen LogP contribution is 2.32. The van der Waals surface area contributed by atoms with Gasteiger partial charge in [-0.3, -0.25) is 9.78 Å². The summed E-state index contributed by atoms with van der Waals surface area (Å²) in [5, 5.41) is 15.0. The van der Waals surface area contributed by atoms with E-state index in [1.54, 1.807) is 11.2 Å². The minimum atomic E-state index is -0.0465. The number of piperidine rings is 1. The molecule has 1 aromatic heterocycles. The summed E-state index contributed by atoms with van der Waals surface area (Å²) in [5.41, 5.74) is 1.42. The van der Waals surface area contributed by atoms with Crippen LogP contribution in [0.1, 0.15) is 36.6 Å². The average Bonchev–Trinajstić information content (AvgIpc) is 3.24. The van der Waals surface area contributed by atoms with Gasteiger partial charge in [-0.15, -0.1) is 0 Å². The predicted molar refractivity (Wildman–Crippen MR) is 101 cm³/mol. The Morgan fingerprint density at radius 2 is 1.93 bits per heavy atom. The molecule has 136 valence electrons.